The van der Waals surface area contributed by atoms with Crippen LogP contribution in [0.2, 0.25) is 0 Å². The van der Waals surface area contributed by atoms with Crippen molar-refractivity contribution in [3.63, 3.8) is 0 Å². The molecule has 0 aromatic rings. The Bertz CT molecular complexity index is 160. The van der Waals surface area contributed by atoms with E-state index in [1.807, 2.05) is 21.6 Å². The van der Waals surface area contributed by atoms with E-state index in [-0.39, 0.29) is 5.91 Å². The minimum absolute atomic E-state index is 0.270. The van der Waals surface area contributed by atoms with Gasteiger partial charge in [0.05, 0.1) is 0 Å². The molecule has 1 saturated heterocycles. The summed E-state index contributed by atoms with van der Waals surface area (Å²) in [5.74, 6) is 1.00. The Balaban J connectivity index is 1.91. The Hall–Kier alpha value is 0.130. The molecule has 1 aliphatic heterocycles. The maximum Gasteiger partial charge on any atom is 0.243 e. The predicted molar refractivity (Wildman–Crippen MR) is 56.9 cm³/mol. The smallest absolute Gasteiger partial charge is 0.243 e. The molecule has 76 valence electrons. The van der Waals surface area contributed by atoms with Crippen LogP contribution in [0.25, 0.3) is 0 Å². The first kappa shape index (κ1) is 11.2. The van der Waals surface area contributed by atoms with Crippen molar-refractivity contribution >= 4 is 27.5 Å². The highest BCUT2D eigenvalue weighted by molar-refractivity contribution is 8.77. The van der Waals surface area contributed by atoms with Gasteiger partial charge in [0.15, 0.2) is 0 Å². The van der Waals surface area contributed by atoms with Crippen molar-refractivity contribution in [1.29, 1.82) is 0 Å². The lowest BCUT2D eigenvalue weighted by atomic mass is 10.1. The third kappa shape index (κ3) is 4.78. The van der Waals surface area contributed by atoms with Crippen molar-refractivity contribution in [3.8, 4) is 0 Å². The fraction of sp³-hybridized carbons (Fsp3) is 0.875. The van der Waals surface area contributed by atoms with Gasteiger partial charge in [0.2, 0.25) is 5.91 Å². The molecule has 0 aromatic carbocycles. The Morgan fingerprint density at radius 3 is 3.00 bits per heavy atom. The number of hydroxylamine groups is 1. The first-order valence-corrected chi connectivity index (χ1v) is 6.92. The quantitative estimate of drug-likeness (QED) is 0.323. The molecule has 3 nitrogen and oxygen atoms in total. The number of amides is 1. The van der Waals surface area contributed by atoms with Crippen LogP contribution < -0.4 is 5.48 Å². The van der Waals surface area contributed by atoms with Crippen LogP contribution in [0, 0.1) is 0 Å². The van der Waals surface area contributed by atoms with E-state index in [1.54, 1.807) is 5.48 Å². The molecule has 0 saturated carbocycles. The monoisotopic (exact) mass is 221 g/mol. The molecule has 0 aliphatic carbocycles. The zero-order valence-electron chi connectivity index (χ0n) is 7.49. The molecule has 1 aliphatic rings. The molecule has 1 atom stereocenters. The van der Waals surface area contributed by atoms with Gasteiger partial charge in [-0.1, -0.05) is 28.0 Å². The van der Waals surface area contributed by atoms with Crippen molar-refractivity contribution < 1.29 is 10.0 Å². The molecule has 13 heavy (non-hydrogen) atoms. The van der Waals surface area contributed by atoms with Crippen molar-refractivity contribution in [3.05, 3.63) is 0 Å². The van der Waals surface area contributed by atoms with Crippen LogP contribution in [0.1, 0.15) is 32.1 Å². The normalized spacial score (nSPS) is 21.8. The summed E-state index contributed by atoms with van der Waals surface area (Å²) in [7, 11) is 3.92. The van der Waals surface area contributed by atoms with Gasteiger partial charge in [0, 0.05) is 17.4 Å². The van der Waals surface area contributed by atoms with Crippen LogP contribution in [0.4, 0.5) is 0 Å². The number of hydrogen-bond acceptors (Lipinski definition) is 4. The second-order valence-electron chi connectivity index (χ2n) is 3.11. The summed E-state index contributed by atoms with van der Waals surface area (Å²) in [6.07, 6.45) is 4.93. The molecule has 1 unspecified atom stereocenters. The lowest BCUT2D eigenvalue weighted by Crippen LogP contribution is -2.17. The van der Waals surface area contributed by atoms with Crippen molar-refractivity contribution in [2.75, 3.05) is 5.75 Å². The number of nitrogens with one attached hydrogen (secondary N) is 1. The molecule has 5 heteroatoms. The van der Waals surface area contributed by atoms with Gasteiger partial charge in [-0.05, 0) is 19.3 Å². The minimum atomic E-state index is -0.270. The first-order valence-electron chi connectivity index (χ1n) is 4.54. The largest absolute Gasteiger partial charge is 0.289 e. The average Bonchev–Trinajstić information content (AvgIpc) is 2.64. The Labute approximate surface area is 86.4 Å². The van der Waals surface area contributed by atoms with E-state index in [9.17, 15) is 4.79 Å². The van der Waals surface area contributed by atoms with Gasteiger partial charge in [-0.25, -0.2) is 5.48 Å². The lowest BCUT2D eigenvalue weighted by Gasteiger charge is -2.05. The Morgan fingerprint density at radius 2 is 2.38 bits per heavy atom. The zero-order valence-corrected chi connectivity index (χ0v) is 9.12. The summed E-state index contributed by atoms with van der Waals surface area (Å²) in [5.41, 5.74) is 1.65. The molecular weight excluding hydrogens is 206 g/mol. The number of carbonyl (C=O) groups is 1. The fourth-order valence-electron chi connectivity index (χ4n) is 1.28. The van der Waals surface area contributed by atoms with Gasteiger partial charge >= 0.3 is 0 Å². The summed E-state index contributed by atoms with van der Waals surface area (Å²) < 4.78 is 0. The summed E-state index contributed by atoms with van der Waals surface area (Å²) in [5, 5.41) is 9.03. The number of rotatable bonds is 5. The van der Waals surface area contributed by atoms with E-state index in [0.717, 1.165) is 18.1 Å². The maximum absolute atomic E-state index is 10.6. The summed E-state index contributed by atoms with van der Waals surface area (Å²) in [4.78, 5) is 10.6. The summed E-state index contributed by atoms with van der Waals surface area (Å²) in [6, 6.07) is 0. The number of unbranched alkanes of at least 4 members (excludes halogenated alkanes) is 1. The molecule has 0 aromatic heterocycles. The predicted octanol–water partition coefficient (Wildman–Crippen LogP) is 2.21. The number of carbonyl (C=O) groups excluding carboxylic acids is 1. The van der Waals surface area contributed by atoms with E-state index >= 15 is 0 Å². The van der Waals surface area contributed by atoms with Gasteiger partial charge in [-0.3, -0.25) is 10.0 Å². The Morgan fingerprint density at radius 1 is 1.54 bits per heavy atom. The van der Waals surface area contributed by atoms with Gasteiger partial charge < -0.3 is 0 Å². The molecule has 1 rings (SSSR count). The van der Waals surface area contributed by atoms with E-state index in [2.05, 4.69) is 0 Å². The fourth-order valence-corrected chi connectivity index (χ4v) is 4.31. The average molecular weight is 221 g/mol. The molecule has 2 N–H and O–H groups in total. The van der Waals surface area contributed by atoms with Crippen molar-refractivity contribution in [1.82, 2.24) is 5.48 Å². The van der Waals surface area contributed by atoms with Crippen LogP contribution in [0.3, 0.4) is 0 Å². The standard InChI is InChI=1S/C8H15NO2S2/c10-8(9-11)4-2-1-3-7-5-6-12-13-7/h7,11H,1-6H2,(H,9,10). The SMILES string of the molecule is O=C(CCCCC1CCSS1)NO. The highest BCUT2D eigenvalue weighted by atomic mass is 33.1. The van der Waals surface area contributed by atoms with E-state index < -0.39 is 0 Å². The summed E-state index contributed by atoms with van der Waals surface area (Å²) in [6.45, 7) is 0. The third-order valence-corrected chi connectivity index (χ3v) is 5.04. The highest BCUT2D eigenvalue weighted by Gasteiger charge is 2.15. The van der Waals surface area contributed by atoms with Crippen LogP contribution in [0.15, 0.2) is 0 Å². The number of hydrogen-bond donors (Lipinski definition) is 2. The van der Waals surface area contributed by atoms with E-state index in [1.165, 1.54) is 18.6 Å². The zero-order chi connectivity index (χ0) is 9.52. The maximum atomic E-state index is 10.6. The van der Waals surface area contributed by atoms with Gasteiger partial charge in [0.25, 0.3) is 0 Å². The van der Waals surface area contributed by atoms with Crippen molar-refractivity contribution in [2.45, 2.75) is 37.4 Å². The van der Waals surface area contributed by atoms with Crippen LogP contribution in [-0.4, -0.2) is 22.1 Å². The third-order valence-electron chi connectivity index (χ3n) is 2.03. The Kier molecular flexibility index (Phi) is 5.66. The van der Waals surface area contributed by atoms with E-state index in [4.69, 9.17) is 5.21 Å². The molecule has 0 bridgehead atoms. The van der Waals surface area contributed by atoms with Crippen molar-refractivity contribution in [2.24, 2.45) is 0 Å². The summed E-state index contributed by atoms with van der Waals surface area (Å²) >= 11 is 0. The second kappa shape index (κ2) is 6.56. The van der Waals surface area contributed by atoms with Crippen LogP contribution >= 0.6 is 21.6 Å². The molecule has 1 heterocycles. The van der Waals surface area contributed by atoms with Gasteiger partial charge in [-0.2, -0.15) is 0 Å². The molecule has 0 radical (unpaired) electrons. The molecule has 1 amide bonds. The molecule has 0 spiro atoms. The molecular formula is C8H15NO2S2. The first-order chi connectivity index (χ1) is 6.33. The van der Waals surface area contributed by atoms with Gasteiger partial charge in [0.1, 0.15) is 0 Å². The van der Waals surface area contributed by atoms with Gasteiger partial charge in [-0.15, -0.1) is 0 Å². The lowest BCUT2D eigenvalue weighted by molar-refractivity contribution is -0.129. The minimum Gasteiger partial charge on any atom is -0.289 e. The van der Waals surface area contributed by atoms with Crippen LogP contribution in [-0.2, 0) is 4.79 Å². The van der Waals surface area contributed by atoms with E-state index in [0.29, 0.717) is 6.42 Å². The molecule has 1 fully saturated rings. The topological polar surface area (TPSA) is 49.3 Å². The highest BCUT2D eigenvalue weighted by Crippen LogP contribution is 2.39. The van der Waals surface area contributed by atoms with Crippen LogP contribution in [0.5, 0.6) is 0 Å². The second-order valence-corrected chi connectivity index (χ2v) is 5.90.